The zero-order valence-corrected chi connectivity index (χ0v) is 13.3. The Kier molecular flexibility index (Phi) is 4.83. The van der Waals surface area contributed by atoms with Crippen molar-refractivity contribution in [3.8, 4) is 0 Å². The van der Waals surface area contributed by atoms with Gasteiger partial charge in [-0.15, -0.1) is 11.8 Å². The molecule has 0 unspecified atom stereocenters. The van der Waals surface area contributed by atoms with Gasteiger partial charge >= 0.3 is 0 Å². The van der Waals surface area contributed by atoms with E-state index >= 15 is 0 Å². The van der Waals surface area contributed by atoms with Crippen molar-refractivity contribution in [2.45, 2.75) is 50.4 Å². The van der Waals surface area contributed by atoms with Gasteiger partial charge < -0.3 is 9.84 Å². The molecule has 0 amide bonds. The quantitative estimate of drug-likeness (QED) is 0.854. The van der Waals surface area contributed by atoms with Gasteiger partial charge in [-0.3, -0.25) is 0 Å². The topological polar surface area (TPSA) is 51.0 Å². The molecule has 20 heavy (non-hydrogen) atoms. The lowest BCUT2D eigenvalue weighted by atomic mass is 10.1. The molecule has 1 heterocycles. The molecular weight excluding hydrogens is 270 g/mol. The van der Waals surface area contributed by atoms with Gasteiger partial charge in [-0.05, 0) is 39.3 Å². The zero-order valence-electron chi connectivity index (χ0n) is 12.4. The summed E-state index contributed by atoms with van der Waals surface area (Å²) in [6.45, 7) is 9.04. The smallest absolute Gasteiger partial charge is 0.240 e. The number of hydrogen-bond donors (Lipinski definition) is 1. The van der Waals surface area contributed by atoms with Crippen molar-refractivity contribution in [2.75, 3.05) is 0 Å². The van der Waals surface area contributed by atoms with Crippen LogP contribution in [0.15, 0.2) is 33.7 Å². The van der Waals surface area contributed by atoms with Crippen molar-refractivity contribution >= 4 is 11.8 Å². The molecule has 5 heteroatoms. The lowest BCUT2D eigenvalue weighted by Crippen LogP contribution is -2.35. The van der Waals surface area contributed by atoms with Crippen LogP contribution in [0, 0.1) is 6.92 Å². The first kappa shape index (κ1) is 15.1. The number of thioether (sulfide) groups is 1. The van der Waals surface area contributed by atoms with Crippen LogP contribution in [0.2, 0.25) is 0 Å². The van der Waals surface area contributed by atoms with E-state index in [0.29, 0.717) is 12.4 Å². The third-order valence-electron chi connectivity index (χ3n) is 2.73. The fourth-order valence-corrected chi connectivity index (χ4v) is 2.49. The molecule has 2 rings (SSSR count). The van der Waals surface area contributed by atoms with Gasteiger partial charge in [0.05, 0.1) is 12.3 Å². The Morgan fingerprint density at radius 3 is 2.70 bits per heavy atom. The molecule has 0 bridgehead atoms. The second-order valence-corrected chi connectivity index (χ2v) is 6.78. The lowest BCUT2D eigenvalue weighted by Gasteiger charge is -2.18. The number of nitrogens with one attached hydrogen (secondary N) is 1. The van der Waals surface area contributed by atoms with Crippen LogP contribution in [0.3, 0.4) is 0 Å². The van der Waals surface area contributed by atoms with Crippen LogP contribution in [0.5, 0.6) is 0 Å². The molecule has 0 radical (unpaired) electrons. The number of hydrogen-bond acceptors (Lipinski definition) is 5. The Bertz CT molecular complexity index is 560. The van der Waals surface area contributed by atoms with E-state index in [4.69, 9.17) is 4.52 Å². The van der Waals surface area contributed by atoms with Crippen molar-refractivity contribution in [3.05, 3.63) is 41.5 Å². The highest BCUT2D eigenvalue weighted by molar-refractivity contribution is 7.98. The molecule has 0 saturated carbocycles. The van der Waals surface area contributed by atoms with Crippen molar-refractivity contribution in [3.63, 3.8) is 0 Å². The summed E-state index contributed by atoms with van der Waals surface area (Å²) >= 11 is 1.73. The largest absolute Gasteiger partial charge is 0.338 e. The molecule has 4 nitrogen and oxygen atoms in total. The summed E-state index contributed by atoms with van der Waals surface area (Å²) in [5.41, 5.74) is 1.32. The van der Waals surface area contributed by atoms with Crippen LogP contribution in [0.25, 0.3) is 0 Å². The molecule has 2 aromatic rings. The maximum atomic E-state index is 5.24. The highest BCUT2D eigenvalue weighted by Crippen LogP contribution is 2.24. The first-order chi connectivity index (χ1) is 9.44. The van der Waals surface area contributed by atoms with Gasteiger partial charge in [-0.25, -0.2) is 0 Å². The molecule has 0 aliphatic heterocycles. The summed E-state index contributed by atoms with van der Waals surface area (Å²) in [4.78, 5) is 5.65. The molecule has 0 aliphatic carbocycles. The number of aryl methyl sites for hydroxylation is 1. The molecule has 0 aliphatic rings. The van der Waals surface area contributed by atoms with E-state index in [1.807, 2.05) is 12.1 Å². The second-order valence-electron chi connectivity index (χ2n) is 5.76. The third-order valence-corrected chi connectivity index (χ3v) is 3.90. The molecule has 108 valence electrons. The summed E-state index contributed by atoms with van der Waals surface area (Å²) in [5.74, 6) is 2.11. The maximum absolute atomic E-state index is 5.24. The second kappa shape index (κ2) is 6.41. The monoisotopic (exact) mass is 291 g/mol. The van der Waals surface area contributed by atoms with E-state index in [1.54, 1.807) is 11.8 Å². The number of nitrogens with zero attached hydrogens (tertiary/aromatic N) is 2. The fourth-order valence-electron chi connectivity index (χ4n) is 1.62. The van der Waals surface area contributed by atoms with E-state index in [-0.39, 0.29) is 5.54 Å². The van der Waals surface area contributed by atoms with Crippen molar-refractivity contribution in [2.24, 2.45) is 0 Å². The SMILES string of the molecule is Cc1ccccc1SCc1noc(CNC(C)(C)C)n1. The Hall–Kier alpha value is -1.33. The molecule has 0 fully saturated rings. The fraction of sp³-hybridized carbons (Fsp3) is 0.467. The summed E-state index contributed by atoms with van der Waals surface area (Å²) in [7, 11) is 0. The van der Waals surface area contributed by atoms with Crippen LogP contribution in [-0.4, -0.2) is 15.7 Å². The highest BCUT2D eigenvalue weighted by atomic mass is 32.2. The van der Waals surface area contributed by atoms with Gasteiger partial charge in [0.1, 0.15) is 0 Å². The summed E-state index contributed by atoms with van der Waals surface area (Å²) in [6, 6.07) is 8.31. The van der Waals surface area contributed by atoms with E-state index in [9.17, 15) is 0 Å². The van der Waals surface area contributed by atoms with Crippen molar-refractivity contribution in [1.82, 2.24) is 15.5 Å². The van der Waals surface area contributed by atoms with Gasteiger partial charge in [-0.1, -0.05) is 23.4 Å². The highest BCUT2D eigenvalue weighted by Gasteiger charge is 2.12. The van der Waals surface area contributed by atoms with Crippen LogP contribution in [0.4, 0.5) is 0 Å². The van der Waals surface area contributed by atoms with Crippen molar-refractivity contribution in [1.29, 1.82) is 0 Å². The average molecular weight is 291 g/mol. The van der Waals surface area contributed by atoms with Crippen LogP contribution < -0.4 is 5.32 Å². The average Bonchev–Trinajstić information content (AvgIpc) is 2.83. The van der Waals surface area contributed by atoms with Gasteiger partial charge in [0.2, 0.25) is 5.89 Å². The van der Waals surface area contributed by atoms with Gasteiger partial charge in [0, 0.05) is 10.4 Å². The maximum Gasteiger partial charge on any atom is 0.240 e. The molecule has 1 N–H and O–H groups in total. The minimum atomic E-state index is 0.0462. The van der Waals surface area contributed by atoms with Crippen LogP contribution in [0.1, 0.15) is 38.0 Å². The van der Waals surface area contributed by atoms with Crippen molar-refractivity contribution < 1.29 is 4.52 Å². The minimum absolute atomic E-state index is 0.0462. The summed E-state index contributed by atoms with van der Waals surface area (Å²) < 4.78 is 5.24. The predicted octanol–water partition coefficient (Wildman–Crippen LogP) is 3.56. The Morgan fingerprint density at radius 1 is 1.25 bits per heavy atom. The summed E-state index contributed by atoms with van der Waals surface area (Å²) in [5, 5.41) is 7.35. The van der Waals surface area contributed by atoms with E-state index in [2.05, 4.69) is 55.3 Å². The van der Waals surface area contributed by atoms with Gasteiger partial charge in [0.15, 0.2) is 5.82 Å². The van der Waals surface area contributed by atoms with Crippen LogP contribution in [-0.2, 0) is 12.3 Å². The van der Waals surface area contributed by atoms with Gasteiger partial charge in [0.25, 0.3) is 0 Å². The van der Waals surface area contributed by atoms with E-state index in [1.165, 1.54) is 10.5 Å². The molecule has 1 aromatic heterocycles. The third kappa shape index (κ3) is 4.65. The van der Waals surface area contributed by atoms with E-state index < -0.39 is 0 Å². The lowest BCUT2D eigenvalue weighted by molar-refractivity contribution is 0.334. The minimum Gasteiger partial charge on any atom is -0.338 e. The number of rotatable bonds is 5. The Labute approximate surface area is 124 Å². The predicted molar refractivity (Wildman–Crippen MR) is 81.6 cm³/mol. The Balaban J connectivity index is 1.89. The number of aromatic nitrogens is 2. The van der Waals surface area contributed by atoms with Gasteiger partial charge in [-0.2, -0.15) is 4.98 Å². The standard InChI is InChI=1S/C15H21N3OS/c1-11-7-5-6-8-12(11)20-10-13-17-14(19-18-13)9-16-15(2,3)4/h5-8,16H,9-10H2,1-4H3. The molecule has 0 atom stereocenters. The molecule has 0 spiro atoms. The zero-order chi connectivity index (χ0) is 14.6. The first-order valence-corrected chi connectivity index (χ1v) is 7.67. The first-order valence-electron chi connectivity index (χ1n) is 6.69. The van der Waals surface area contributed by atoms with Crippen LogP contribution >= 0.6 is 11.8 Å². The molecule has 1 aromatic carbocycles. The molecule has 0 saturated heterocycles. The Morgan fingerprint density at radius 2 is 2.00 bits per heavy atom. The van der Waals surface area contributed by atoms with E-state index in [0.717, 1.165) is 11.6 Å². The normalized spacial score (nSPS) is 11.8. The number of benzene rings is 1. The summed E-state index contributed by atoms with van der Waals surface area (Å²) in [6.07, 6.45) is 0. The molecular formula is C15H21N3OS.